The first kappa shape index (κ1) is 16.0. The summed E-state index contributed by atoms with van der Waals surface area (Å²) in [6.45, 7) is 0.563. The fourth-order valence-electron chi connectivity index (χ4n) is 2.44. The molecule has 0 amide bonds. The Labute approximate surface area is 157 Å². The van der Waals surface area contributed by atoms with Crippen LogP contribution in [0.25, 0.3) is 17.1 Å². The molecule has 0 N–H and O–H groups in total. The fraction of sp³-hybridized carbons (Fsp3) is 0.0588. The van der Waals surface area contributed by atoms with Gasteiger partial charge in [0.25, 0.3) is 0 Å². The van der Waals surface area contributed by atoms with E-state index in [4.69, 9.17) is 11.6 Å². The summed E-state index contributed by atoms with van der Waals surface area (Å²) in [5.41, 5.74) is 2.72. The molecule has 0 aliphatic heterocycles. The number of rotatable bonds is 4. The molecule has 6 nitrogen and oxygen atoms in total. The van der Waals surface area contributed by atoms with Gasteiger partial charge in [-0.3, -0.25) is 0 Å². The minimum atomic E-state index is 0.510. The highest BCUT2D eigenvalue weighted by Gasteiger charge is 2.16. The molecule has 2 aromatic heterocycles. The highest BCUT2D eigenvalue weighted by molar-refractivity contribution is 9.10. The first-order chi connectivity index (χ1) is 12.2. The van der Waals surface area contributed by atoms with Crippen LogP contribution in [-0.4, -0.2) is 30.0 Å². The number of halogens is 2. The van der Waals surface area contributed by atoms with Crippen molar-refractivity contribution in [3.05, 3.63) is 76.0 Å². The van der Waals surface area contributed by atoms with Crippen molar-refractivity contribution in [2.45, 2.75) is 6.54 Å². The Morgan fingerprint density at radius 1 is 1.04 bits per heavy atom. The Balaban J connectivity index is 1.63. The second kappa shape index (κ2) is 6.78. The summed E-state index contributed by atoms with van der Waals surface area (Å²) in [5, 5.41) is 17.7. The first-order valence-corrected chi connectivity index (χ1v) is 8.69. The van der Waals surface area contributed by atoms with Crippen LogP contribution < -0.4 is 0 Å². The largest absolute Gasteiger partial charge is 0.226 e. The second-order valence-electron chi connectivity index (χ2n) is 5.37. The zero-order valence-electron chi connectivity index (χ0n) is 12.9. The van der Waals surface area contributed by atoms with Gasteiger partial charge >= 0.3 is 0 Å². The van der Waals surface area contributed by atoms with E-state index in [9.17, 15) is 0 Å². The molecule has 4 rings (SSSR count). The van der Waals surface area contributed by atoms with Gasteiger partial charge in [0.05, 0.1) is 24.0 Å². The van der Waals surface area contributed by atoms with Crippen molar-refractivity contribution in [1.29, 1.82) is 0 Å². The summed E-state index contributed by atoms with van der Waals surface area (Å²) in [7, 11) is 0. The van der Waals surface area contributed by atoms with E-state index in [-0.39, 0.29) is 0 Å². The van der Waals surface area contributed by atoms with Gasteiger partial charge in [-0.2, -0.15) is 9.90 Å². The first-order valence-electron chi connectivity index (χ1n) is 7.52. The predicted molar refractivity (Wildman–Crippen MR) is 98.6 cm³/mol. The second-order valence-corrected chi connectivity index (χ2v) is 6.56. The molecule has 0 saturated carbocycles. The van der Waals surface area contributed by atoms with Crippen LogP contribution in [0.3, 0.4) is 0 Å². The van der Waals surface area contributed by atoms with E-state index in [1.165, 1.54) is 0 Å². The molecule has 0 radical (unpaired) electrons. The number of aromatic nitrogens is 6. The van der Waals surface area contributed by atoms with E-state index < -0.39 is 0 Å². The van der Waals surface area contributed by atoms with Crippen molar-refractivity contribution in [3.63, 3.8) is 0 Å². The monoisotopic (exact) mass is 414 g/mol. The molecule has 8 heteroatoms. The van der Waals surface area contributed by atoms with Crippen LogP contribution in [0.1, 0.15) is 5.56 Å². The van der Waals surface area contributed by atoms with Gasteiger partial charge in [0.2, 0.25) is 5.82 Å². The zero-order valence-corrected chi connectivity index (χ0v) is 15.3. The quantitative estimate of drug-likeness (QED) is 0.506. The van der Waals surface area contributed by atoms with Crippen molar-refractivity contribution < 1.29 is 0 Å². The van der Waals surface area contributed by atoms with E-state index in [0.717, 1.165) is 21.4 Å². The van der Waals surface area contributed by atoms with Crippen LogP contribution in [0.4, 0.5) is 0 Å². The SMILES string of the molecule is Clc1cccc(-n2ncc(-c3nnn(Cc4ccccc4)n3)c2Br)c1. The van der Waals surface area contributed by atoms with Crippen molar-refractivity contribution in [3.8, 4) is 17.1 Å². The van der Waals surface area contributed by atoms with Gasteiger partial charge < -0.3 is 0 Å². The van der Waals surface area contributed by atoms with E-state index >= 15 is 0 Å². The van der Waals surface area contributed by atoms with Crippen molar-refractivity contribution in [1.82, 2.24) is 30.0 Å². The Bertz CT molecular complexity index is 1010. The summed E-state index contributed by atoms with van der Waals surface area (Å²) >= 11 is 9.62. The molecule has 0 unspecified atom stereocenters. The van der Waals surface area contributed by atoms with Gasteiger partial charge in [0, 0.05) is 5.02 Å². The van der Waals surface area contributed by atoms with Gasteiger partial charge in [-0.25, -0.2) is 4.68 Å². The van der Waals surface area contributed by atoms with E-state index in [0.29, 0.717) is 17.4 Å². The van der Waals surface area contributed by atoms with Crippen molar-refractivity contribution in [2.24, 2.45) is 0 Å². The van der Waals surface area contributed by atoms with Gasteiger partial charge in [0.15, 0.2) is 0 Å². The number of benzene rings is 2. The third-order valence-corrected chi connectivity index (χ3v) is 4.62. The van der Waals surface area contributed by atoms with Crippen LogP contribution in [0.5, 0.6) is 0 Å². The molecule has 0 bridgehead atoms. The molecule has 4 aromatic rings. The minimum absolute atomic E-state index is 0.510. The van der Waals surface area contributed by atoms with Crippen LogP contribution in [-0.2, 0) is 6.54 Å². The predicted octanol–water partition coefficient (Wildman–Crippen LogP) is 3.99. The van der Waals surface area contributed by atoms with E-state index in [1.807, 2.05) is 54.6 Å². The number of nitrogens with zero attached hydrogens (tertiary/aromatic N) is 6. The molecule has 124 valence electrons. The van der Waals surface area contributed by atoms with Gasteiger partial charge in [0.1, 0.15) is 4.60 Å². The average molecular weight is 416 g/mol. The van der Waals surface area contributed by atoms with Crippen LogP contribution in [0, 0.1) is 0 Å². The molecular weight excluding hydrogens is 404 g/mol. The minimum Gasteiger partial charge on any atom is -0.226 e. The average Bonchev–Trinajstić information content (AvgIpc) is 3.22. The van der Waals surface area contributed by atoms with Gasteiger partial charge in [-0.15, -0.1) is 10.2 Å². The Morgan fingerprint density at radius 2 is 1.88 bits per heavy atom. The molecule has 0 aliphatic carbocycles. The lowest BCUT2D eigenvalue weighted by Crippen LogP contribution is -2.03. The molecule has 0 spiro atoms. The highest BCUT2D eigenvalue weighted by atomic mass is 79.9. The van der Waals surface area contributed by atoms with Crippen LogP contribution >= 0.6 is 27.5 Å². The van der Waals surface area contributed by atoms with E-state index in [2.05, 4.69) is 36.4 Å². The smallest absolute Gasteiger partial charge is 0.209 e. The van der Waals surface area contributed by atoms with Gasteiger partial charge in [-0.1, -0.05) is 48.0 Å². The van der Waals surface area contributed by atoms with Crippen molar-refractivity contribution in [2.75, 3.05) is 0 Å². The standard InChI is InChI=1S/C17H12BrClN6/c18-16-15(10-20-25(16)14-8-4-7-13(19)9-14)17-21-23-24(22-17)11-12-5-2-1-3-6-12/h1-10H,11H2. The Morgan fingerprint density at radius 3 is 2.68 bits per heavy atom. The number of tetrazole rings is 1. The van der Waals surface area contributed by atoms with Gasteiger partial charge in [-0.05, 0) is 44.9 Å². The highest BCUT2D eigenvalue weighted by Crippen LogP contribution is 2.28. The van der Waals surface area contributed by atoms with Crippen LogP contribution in [0.2, 0.25) is 5.02 Å². The molecule has 2 aromatic carbocycles. The third kappa shape index (κ3) is 3.33. The maximum atomic E-state index is 6.06. The lowest BCUT2D eigenvalue weighted by molar-refractivity contribution is 0.573. The molecular formula is C17H12BrClN6. The lowest BCUT2D eigenvalue weighted by Gasteiger charge is -2.03. The maximum Gasteiger partial charge on any atom is 0.209 e. The summed E-state index contributed by atoms with van der Waals surface area (Å²) in [5.74, 6) is 0.510. The summed E-state index contributed by atoms with van der Waals surface area (Å²) < 4.78 is 2.48. The molecule has 25 heavy (non-hydrogen) atoms. The Kier molecular flexibility index (Phi) is 4.33. The lowest BCUT2D eigenvalue weighted by atomic mass is 10.2. The summed E-state index contributed by atoms with van der Waals surface area (Å²) in [4.78, 5) is 1.56. The Hall–Kier alpha value is -2.51. The maximum absolute atomic E-state index is 6.06. The van der Waals surface area contributed by atoms with Crippen molar-refractivity contribution >= 4 is 27.5 Å². The molecule has 0 saturated heterocycles. The summed E-state index contributed by atoms with van der Waals surface area (Å²) in [6.07, 6.45) is 1.70. The molecule has 0 fully saturated rings. The van der Waals surface area contributed by atoms with Crippen LogP contribution in [0.15, 0.2) is 65.4 Å². The molecule has 0 aliphatic rings. The molecule has 2 heterocycles. The normalized spacial score (nSPS) is 11.0. The van der Waals surface area contributed by atoms with E-state index in [1.54, 1.807) is 15.7 Å². The summed E-state index contributed by atoms with van der Waals surface area (Å²) in [6, 6.07) is 17.4. The number of hydrogen-bond donors (Lipinski definition) is 0. The fourth-order valence-corrected chi connectivity index (χ4v) is 3.20. The number of hydrogen-bond acceptors (Lipinski definition) is 4. The molecule has 0 atom stereocenters. The topological polar surface area (TPSA) is 61.4 Å². The zero-order chi connectivity index (χ0) is 17.2. The third-order valence-electron chi connectivity index (χ3n) is 3.62.